The maximum Gasteiger partial charge on any atom is 0.119 e. The fourth-order valence-corrected chi connectivity index (χ4v) is 2.02. The molecule has 0 saturated heterocycles. The molecule has 2 rings (SSSR count). The predicted molar refractivity (Wildman–Crippen MR) is 58.8 cm³/mol. The third-order valence-corrected chi connectivity index (χ3v) is 2.83. The minimum absolute atomic E-state index is 0.274. The lowest BCUT2D eigenvalue weighted by Crippen LogP contribution is -2.18. The van der Waals surface area contributed by atoms with Gasteiger partial charge in [-0.05, 0) is 29.7 Å². The summed E-state index contributed by atoms with van der Waals surface area (Å²) < 4.78 is 5.20. The Labute approximate surface area is 90.3 Å². The average molecular weight is 207 g/mol. The van der Waals surface area contributed by atoms with Crippen molar-refractivity contribution in [1.29, 1.82) is 0 Å². The molecule has 0 spiro atoms. The van der Waals surface area contributed by atoms with E-state index in [4.69, 9.17) is 9.84 Å². The zero-order valence-corrected chi connectivity index (χ0v) is 9.07. The molecule has 3 heteroatoms. The first-order chi connectivity index (χ1) is 7.33. The van der Waals surface area contributed by atoms with E-state index < -0.39 is 0 Å². The molecule has 0 radical (unpaired) electrons. The standard InChI is InChI=1S/C12H17NO2/c1-15-12-4-3-10-8-13(5-2-6-14)9-11(10)7-12/h3-4,7,14H,2,5-6,8-9H2,1H3. The number of nitrogens with zero attached hydrogens (tertiary/aromatic N) is 1. The molecule has 15 heavy (non-hydrogen) atoms. The Hall–Kier alpha value is -1.06. The van der Waals surface area contributed by atoms with Crippen LogP contribution in [0.1, 0.15) is 17.5 Å². The Morgan fingerprint density at radius 2 is 2.13 bits per heavy atom. The lowest BCUT2D eigenvalue weighted by atomic mass is 10.1. The second-order valence-electron chi connectivity index (χ2n) is 3.92. The molecular weight excluding hydrogens is 190 g/mol. The molecule has 0 unspecified atom stereocenters. The van der Waals surface area contributed by atoms with Crippen LogP contribution in [0.3, 0.4) is 0 Å². The summed E-state index contributed by atoms with van der Waals surface area (Å²) in [6.45, 7) is 3.22. The lowest BCUT2D eigenvalue weighted by molar-refractivity contribution is 0.226. The maximum atomic E-state index is 8.78. The minimum Gasteiger partial charge on any atom is -0.497 e. The van der Waals surface area contributed by atoms with Crippen LogP contribution in [0.2, 0.25) is 0 Å². The van der Waals surface area contributed by atoms with Crippen molar-refractivity contribution in [2.75, 3.05) is 20.3 Å². The third-order valence-electron chi connectivity index (χ3n) is 2.83. The molecule has 1 aliphatic heterocycles. The van der Waals surface area contributed by atoms with Crippen LogP contribution < -0.4 is 4.74 Å². The molecule has 0 aliphatic carbocycles. The van der Waals surface area contributed by atoms with Crippen molar-refractivity contribution in [1.82, 2.24) is 4.90 Å². The topological polar surface area (TPSA) is 32.7 Å². The first-order valence-electron chi connectivity index (χ1n) is 5.32. The number of hydrogen-bond acceptors (Lipinski definition) is 3. The summed E-state index contributed by atoms with van der Waals surface area (Å²) >= 11 is 0. The van der Waals surface area contributed by atoms with Crippen LogP contribution in [0.25, 0.3) is 0 Å². The SMILES string of the molecule is COc1ccc2c(c1)CN(CCCO)C2. The number of methoxy groups -OCH3 is 1. The number of benzene rings is 1. The third kappa shape index (κ3) is 2.30. The van der Waals surface area contributed by atoms with Gasteiger partial charge in [0.15, 0.2) is 0 Å². The van der Waals surface area contributed by atoms with E-state index in [9.17, 15) is 0 Å². The van der Waals surface area contributed by atoms with E-state index in [1.807, 2.05) is 6.07 Å². The average Bonchev–Trinajstić information content (AvgIpc) is 2.67. The Kier molecular flexibility index (Phi) is 3.23. The first-order valence-corrected chi connectivity index (χ1v) is 5.32. The van der Waals surface area contributed by atoms with Crippen LogP contribution >= 0.6 is 0 Å². The summed E-state index contributed by atoms with van der Waals surface area (Å²) in [4.78, 5) is 2.35. The van der Waals surface area contributed by atoms with Crippen LogP contribution in [-0.2, 0) is 13.1 Å². The van der Waals surface area contributed by atoms with Crippen molar-refractivity contribution in [3.05, 3.63) is 29.3 Å². The van der Waals surface area contributed by atoms with Crippen molar-refractivity contribution in [2.24, 2.45) is 0 Å². The van der Waals surface area contributed by atoms with Gasteiger partial charge < -0.3 is 9.84 Å². The van der Waals surface area contributed by atoms with Gasteiger partial charge in [-0.3, -0.25) is 4.90 Å². The largest absolute Gasteiger partial charge is 0.497 e. The monoisotopic (exact) mass is 207 g/mol. The van der Waals surface area contributed by atoms with E-state index in [2.05, 4.69) is 17.0 Å². The van der Waals surface area contributed by atoms with Gasteiger partial charge in [-0.15, -0.1) is 0 Å². The Balaban J connectivity index is 2.03. The summed E-state index contributed by atoms with van der Waals surface area (Å²) in [5.74, 6) is 0.928. The van der Waals surface area contributed by atoms with Gasteiger partial charge in [-0.1, -0.05) is 6.07 Å². The lowest BCUT2D eigenvalue weighted by Gasteiger charge is -2.12. The summed E-state index contributed by atoms with van der Waals surface area (Å²) in [6.07, 6.45) is 0.852. The predicted octanol–water partition coefficient (Wildman–Crippen LogP) is 1.39. The maximum absolute atomic E-state index is 8.78. The molecule has 82 valence electrons. The number of aliphatic hydroxyl groups is 1. The van der Waals surface area contributed by atoms with Crippen molar-refractivity contribution in [3.63, 3.8) is 0 Å². The number of rotatable bonds is 4. The van der Waals surface area contributed by atoms with E-state index in [0.717, 1.165) is 31.8 Å². The molecule has 0 bridgehead atoms. The number of aliphatic hydroxyl groups excluding tert-OH is 1. The summed E-state index contributed by atoms with van der Waals surface area (Å²) in [6, 6.07) is 6.25. The van der Waals surface area contributed by atoms with Gasteiger partial charge in [-0.2, -0.15) is 0 Å². The van der Waals surface area contributed by atoms with Gasteiger partial charge in [0.1, 0.15) is 5.75 Å². The second-order valence-corrected chi connectivity index (χ2v) is 3.92. The highest BCUT2D eigenvalue weighted by Crippen LogP contribution is 2.26. The molecule has 1 aromatic rings. The first kappa shape index (κ1) is 10.5. The molecule has 1 heterocycles. The van der Waals surface area contributed by atoms with Crippen LogP contribution in [-0.4, -0.2) is 30.3 Å². The van der Waals surface area contributed by atoms with Crippen molar-refractivity contribution < 1.29 is 9.84 Å². The van der Waals surface area contributed by atoms with E-state index in [1.54, 1.807) is 7.11 Å². The Morgan fingerprint density at radius 1 is 1.33 bits per heavy atom. The zero-order valence-electron chi connectivity index (χ0n) is 9.07. The van der Waals surface area contributed by atoms with E-state index >= 15 is 0 Å². The smallest absolute Gasteiger partial charge is 0.119 e. The van der Waals surface area contributed by atoms with E-state index in [0.29, 0.717) is 0 Å². The van der Waals surface area contributed by atoms with Crippen molar-refractivity contribution in [2.45, 2.75) is 19.5 Å². The van der Waals surface area contributed by atoms with Gasteiger partial charge in [-0.25, -0.2) is 0 Å². The fraction of sp³-hybridized carbons (Fsp3) is 0.500. The normalized spacial score (nSPS) is 15.3. The van der Waals surface area contributed by atoms with Gasteiger partial charge in [0.2, 0.25) is 0 Å². The molecule has 1 N–H and O–H groups in total. The highest BCUT2D eigenvalue weighted by molar-refractivity contribution is 5.37. The summed E-state index contributed by atoms with van der Waals surface area (Å²) in [5.41, 5.74) is 2.74. The Morgan fingerprint density at radius 3 is 2.87 bits per heavy atom. The summed E-state index contributed by atoms with van der Waals surface area (Å²) in [5, 5.41) is 8.78. The number of ether oxygens (including phenoxy) is 1. The molecule has 3 nitrogen and oxygen atoms in total. The quantitative estimate of drug-likeness (QED) is 0.810. The Bertz CT molecular complexity index is 338. The molecular formula is C12H17NO2. The number of hydrogen-bond donors (Lipinski definition) is 1. The van der Waals surface area contributed by atoms with Gasteiger partial charge in [0, 0.05) is 26.2 Å². The van der Waals surface area contributed by atoms with Crippen LogP contribution in [0, 0.1) is 0 Å². The molecule has 1 aliphatic rings. The van der Waals surface area contributed by atoms with Gasteiger partial charge in [0.05, 0.1) is 7.11 Å². The van der Waals surface area contributed by atoms with Crippen LogP contribution in [0.5, 0.6) is 5.75 Å². The van der Waals surface area contributed by atoms with E-state index in [-0.39, 0.29) is 6.61 Å². The highest BCUT2D eigenvalue weighted by Gasteiger charge is 2.18. The molecule has 0 saturated carbocycles. The summed E-state index contributed by atoms with van der Waals surface area (Å²) in [7, 11) is 1.69. The molecule has 1 aromatic carbocycles. The molecule has 0 atom stereocenters. The van der Waals surface area contributed by atoms with Gasteiger partial charge >= 0.3 is 0 Å². The fourth-order valence-electron chi connectivity index (χ4n) is 2.02. The van der Waals surface area contributed by atoms with Crippen molar-refractivity contribution in [3.8, 4) is 5.75 Å². The molecule has 0 amide bonds. The van der Waals surface area contributed by atoms with Crippen LogP contribution in [0.4, 0.5) is 0 Å². The zero-order chi connectivity index (χ0) is 10.7. The highest BCUT2D eigenvalue weighted by atomic mass is 16.5. The molecule has 0 fully saturated rings. The van der Waals surface area contributed by atoms with Gasteiger partial charge in [0.25, 0.3) is 0 Å². The second kappa shape index (κ2) is 4.64. The minimum atomic E-state index is 0.274. The van der Waals surface area contributed by atoms with Crippen molar-refractivity contribution >= 4 is 0 Å². The molecule has 0 aromatic heterocycles. The van der Waals surface area contributed by atoms with Crippen LogP contribution in [0.15, 0.2) is 18.2 Å². The number of fused-ring (bicyclic) bond motifs is 1. The van der Waals surface area contributed by atoms with E-state index in [1.165, 1.54) is 11.1 Å².